The van der Waals surface area contributed by atoms with E-state index in [1.165, 1.54) is 16.9 Å². The molecule has 0 bridgehead atoms. The summed E-state index contributed by atoms with van der Waals surface area (Å²) >= 11 is 1.44. The average molecular weight is 328 g/mol. The molecule has 6 heteroatoms. The van der Waals surface area contributed by atoms with Crippen LogP contribution in [0.3, 0.4) is 0 Å². The van der Waals surface area contributed by atoms with Crippen LogP contribution in [0.4, 0.5) is 5.13 Å². The van der Waals surface area contributed by atoms with Crippen LogP contribution in [-0.2, 0) is 6.42 Å². The van der Waals surface area contributed by atoms with E-state index in [1.54, 1.807) is 0 Å². The highest BCUT2D eigenvalue weighted by Crippen LogP contribution is 2.23. The lowest BCUT2D eigenvalue weighted by Gasteiger charge is -1.97. The normalized spacial score (nSPS) is 11.1. The lowest BCUT2D eigenvalue weighted by molar-refractivity contribution is 0.102. The van der Waals surface area contributed by atoms with E-state index in [4.69, 9.17) is 0 Å². The van der Waals surface area contributed by atoms with Crippen LogP contribution in [-0.4, -0.2) is 21.1 Å². The van der Waals surface area contributed by atoms with E-state index in [-0.39, 0.29) is 5.91 Å². The number of amides is 1. The molecule has 0 saturated carbocycles. The second kappa shape index (κ2) is 6.50. The molecule has 0 saturated heterocycles. The zero-order chi connectivity index (χ0) is 16.4. The van der Waals surface area contributed by atoms with Crippen molar-refractivity contribution < 1.29 is 4.79 Å². The maximum absolute atomic E-state index is 12.4. The van der Waals surface area contributed by atoms with Crippen LogP contribution in [0, 0.1) is 13.8 Å². The molecular formula is C17H20N4OS. The molecule has 2 heterocycles. The quantitative estimate of drug-likeness (QED) is 0.736. The number of hydrogen-bond acceptors (Lipinski definition) is 4. The van der Waals surface area contributed by atoms with E-state index >= 15 is 0 Å². The van der Waals surface area contributed by atoms with Crippen molar-refractivity contribution in [3.63, 3.8) is 0 Å². The Kier molecular flexibility index (Phi) is 4.43. The van der Waals surface area contributed by atoms with Gasteiger partial charge in [-0.1, -0.05) is 30.7 Å². The first-order valence-electron chi connectivity index (χ1n) is 7.80. The van der Waals surface area contributed by atoms with Gasteiger partial charge in [-0.25, -0.2) is 0 Å². The third kappa shape index (κ3) is 3.42. The first kappa shape index (κ1) is 15.7. The van der Waals surface area contributed by atoms with Crippen LogP contribution in [0.5, 0.6) is 0 Å². The van der Waals surface area contributed by atoms with Crippen molar-refractivity contribution in [3.05, 3.63) is 40.0 Å². The topological polar surface area (TPSA) is 70.7 Å². The Hall–Kier alpha value is -2.21. The highest BCUT2D eigenvalue weighted by Gasteiger charge is 2.13. The third-order valence-corrected chi connectivity index (χ3v) is 4.66. The van der Waals surface area contributed by atoms with Crippen LogP contribution in [0.1, 0.15) is 46.4 Å². The van der Waals surface area contributed by atoms with Gasteiger partial charge in [0.2, 0.25) is 5.13 Å². The molecule has 23 heavy (non-hydrogen) atoms. The van der Waals surface area contributed by atoms with E-state index in [1.807, 2.05) is 19.1 Å². The van der Waals surface area contributed by atoms with E-state index in [9.17, 15) is 4.79 Å². The minimum absolute atomic E-state index is 0.184. The number of aromatic amines is 1. The fourth-order valence-electron chi connectivity index (χ4n) is 2.62. The average Bonchev–Trinajstić information content (AvgIpc) is 3.11. The number of anilines is 1. The Morgan fingerprint density at radius 1 is 1.26 bits per heavy atom. The standard InChI is InChI=1S/C17H20N4OS/c1-4-5-6-15-20-21-17(23-15)19-16(22)14-9-12-11(3)7-10(2)8-13(12)18-14/h7-9,18H,4-6H2,1-3H3,(H,19,21,22). The number of benzene rings is 1. The van der Waals surface area contributed by atoms with Gasteiger partial charge < -0.3 is 4.98 Å². The van der Waals surface area contributed by atoms with Crippen LogP contribution in [0.15, 0.2) is 18.2 Å². The molecule has 120 valence electrons. The van der Waals surface area contributed by atoms with Crippen molar-refractivity contribution in [2.24, 2.45) is 0 Å². The Morgan fingerprint density at radius 2 is 2.09 bits per heavy atom. The number of aromatic nitrogens is 3. The van der Waals surface area contributed by atoms with Gasteiger partial charge in [0.1, 0.15) is 10.7 Å². The number of carbonyl (C=O) groups excluding carboxylic acids is 1. The number of nitrogens with zero attached hydrogens (tertiary/aromatic N) is 2. The van der Waals surface area contributed by atoms with Gasteiger partial charge in [-0.3, -0.25) is 10.1 Å². The summed E-state index contributed by atoms with van der Waals surface area (Å²) in [6.07, 6.45) is 3.12. The van der Waals surface area contributed by atoms with Gasteiger partial charge in [-0.05, 0) is 43.5 Å². The summed E-state index contributed by atoms with van der Waals surface area (Å²) in [4.78, 5) is 15.6. The van der Waals surface area contributed by atoms with E-state index in [2.05, 4.69) is 40.4 Å². The van der Waals surface area contributed by atoms with Gasteiger partial charge in [0.05, 0.1) is 0 Å². The molecule has 0 aliphatic heterocycles. The molecule has 5 nitrogen and oxygen atoms in total. The molecule has 2 N–H and O–H groups in total. The number of unbranched alkanes of at least 4 members (excludes halogenated alkanes) is 1. The molecule has 0 radical (unpaired) electrons. The van der Waals surface area contributed by atoms with Crippen molar-refractivity contribution in [3.8, 4) is 0 Å². The van der Waals surface area contributed by atoms with Gasteiger partial charge in [-0.2, -0.15) is 0 Å². The highest BCUT2D eigenvalue weighted by molar-refractivity contribution is 7.15. The van der Waals surface area contributed by atoms with E-state index in [0.717, 1.165) is 40.7 Å². The summed E-state index contributed by atoms with van der Waals surface area (Å²) in [5.41, 5.74) is 3.86. The van der Waals surface area contributed by atoms with E-state index < -0.39 is 0 Å². The number of hydrogen-bond donors (Lipinski definition) is 2. The molecule has 0 aliphatic carbocycles. The Balaban J connectivity index is 1.78. The first-order valence-corrected chi connectivity index (χ1v) is 8.62. The largest absolute Gasteiger partial charge is 0.351 e. The number of nitrogens with one attached hydrogen (secondary N) is 2. The molecule has 0 atom stereocenters. The molecule has 1 aromatic carbocycles. The van der Waals surface area contributed by atoms with Crippen LogP contribution in [0.2, 0.25) is 0 Å². The summed E-state index contributed by atoms with van der Waals surface area (Å²) in [5, 5.41) is 13.6. The Bertz CT molecular complexity index is 850. The van der Waals surface area contributed by atoms with Crippen molar-refractivity contribution in [1.29, 1.82) is 0 Å². The van der Waals surface area contributed by atoms with Crippen LogP contribution in [0.25, 0.3) is 10.9 Å². The SMILES string of the molecule is CCCCc1nnc(NC(=O)c2cc3c(C)cc(C)cc3[nH]2)s1. The molecule has 2 aromatic heterocycles. The molecule has 3 rings (SSSR count). The minimum Gasteiger partial charge on any atom is -0.351 e. The molecule has 0 spiro atoms. The van der Waals surface area contributed by atoms with Gasteiger partial charge in [-0.15, -0.1) is 10.2 Å². The maximum Gasteiger partial charge on any atom is 0.273 e. The molecule has 0 unspecified atom stereocenters. The fourth-order valence-corrected chi connectivity index (χ4v) is 3.40. The van der Waals surface area contributed by atoms with Gasteiger partial charge in [0.15, 0.2) is 0 Å². The summed E-state index contributed by atoms with van der Waals surface area (Å²) in [6.45, 7) is 6.24. The van der Waals surface area contributed by atoms with Crippen molar-refractivity contribution >= 4 is 33.3 Å². The molecule has 3 aromatic rings. The minimum atomic E-state index is -0.184. The van der Waals surface area contributed by atoms with Gasteiger partial charge >= 0.3 is 0 Å². The summed E-state index contributed by atoms with van der Waals surface area (Å²) in [6, 6.07) is 6.05. The van der Waals surface area contributed by atoms with Crippen LogP contribution < -0.4 is 5.32 Å². The summed E-state index contributed by atoms with van der Waals surface area (Å²) in [7, 11) is 0. The number of fused-ring (bicyclic) bond motifs is 1. The fraction of sp³-hybridized carbons (Fsp3) is 0.353. The van der Waals surface area contributed by atoms with Crippen molar-refractivity contribution in [2.75, 3.05) is 5.32 Å². The zero-order valence-corrected chi connectivity index (χ0v) is 14.4. The monoisotopic (exact) mass is 328 g/mol. The van der Waals surface area contributed by atoms with Gasteiger partial charge in [0, 0.05) is 17.3 Å². The van der Waals surface area contributed by atoms with E-state index in [0.29, 0.717) is 10.8 Å². The highest BCUT2D eigenvalue weighted by atomic mass is 32.1. The number of rotatable bonds is 5. The molecule has 0 aliphatic rings. The smallest absolute Gasteiger partial charge is 0.273 e. The van der Waals surface area contributed by atoms with Gasteiger partial charge in [0.25, 0.3) is 5.91 Å². The Morgan fingerprint density at radius 3 is 2.87 bits per heavy atom. The first-order chi connectivity index (χ1) is 11.1. The zero-order valence-electron chi connectivity index (χ0n) is 13.6. The number of H-pyrrole nitrogens is 1. The molecule has 1 amide bonds. The predicted molar refractivity (Wildman–Crippen MR) is 94.2 cm³/mol. The third-order valence-electron chi connectivity index (χ3n) is 3.77. The second-order valence-corrected chi connectivity index (χ2v) is 6.85. The summed E-state index contributed by atoms with van der Waals surface area (Å²) < 4.78 is 0. The van der Waals surface area contributed by atoms with Crippen molar-refractivity contribution in [1.82, 2.24) is 15.2 Å². The number of carbonyl (C=O) groups is 1. The Labute approximate surface area is 139 Å². The maximum atomic E-state index is 12.4. The molecule has 0 fully saturated rings. The van der Waals surface area contributed by atoms with Crippen molar-refractivity contribution in [2.45, 2.75) is 40.0 Å². The second-order valence-electron chi connectivity index (χ2n) is 5.78. The van der Waals surface area contributed by atoms with Crippen LogP contribution >= 0.6 is 11.3 Å². The number of aryl methyl sites for hydroxylation is 3. The molecular weight excluding hydrogens is 308 g/mol. The lowest BCUT2D eigenvalue weighted by atomic mass is 10.1. The lowest BCUT2D eigenvalue weighted by Crippen LogP contribution is -2.11. The predicted octanol–water partition coefficient (Wildman–Crippen LogP) is 4.23. The summed E-state index contributed by atoms with van der Waals surface area (Å²) in [5.74, 6) is -0.184.